The summed E-state index contributed by atoms with van der Waals surface area (Å²) in [4.78, 5) is 0. The number of anilines is 2. The molecule has 23 heavy (non-hydrogen) atoms. The minimum Gasteiger partial charge on any atom is -0.395 e. The van der Waals surface area contributed by atoms with Crippen LogP contribution in [-0.2, 0) is 10.2 Å². The molecule has 1 atom stereocenters. The first-order chi connectivity index (χ1) is 10.8. The minimum absolute atomic E-state index is 0.138. The van der Waals surface area contributed by atoms with E-state index in [0.717, 1.165) is 17.1 Å². The molecule has 1 N–H and O–H groups in total. The highest BCUT2D eigenvalue weighted by atomic mass is 79.9. The molecule has 3 heterocycles. The Kier molecular flexibility index (Phi) is 3.20. The van der Waals surface area contributed by atoms with Crippen molar-refractivity contribution < 1.29 is 26.7 Å². The lowest BCUT2D eigenvalue weighted by Crippen LogP contribution is -2.45. The zero-order valence-electron chi connectivity index (χ0n) is 11.6. The van der Waals surface area contributed by atoms with E-state index in [-0.39, 0.29) is 17.2 Å². The standard InChI is InChI=1S/C12H12BrF2N3O4S/c13-11-16-7-5-9-10(22-12(14,15)21-9)6-8(7)18(11)23(19,20)17-3-1-2-4-17/h5-6,11,16H,1-4H2. The van der Waals surface area contributed by atoms with Gasteiger partial charge in [0.2, 0.25) is 0 Å². The van der Waals surface area contributed by atoms with E-state index >= 15 is 0 Å². The maximum atomic E-state index is 13.2. The third kappa shape index (κ3) is 2.32. The van der Waals surface area contributed by atoms with Crippen LogP contribution in [0.15, 0.2) is 12.1 Å². The SMILES string of the molecule is O=S(=O)(N1CCCC1)N1c2cc3c(cc2NC1Br)OC(F)(F)O3. The highest BCUT2D eigenvalue weighted by molar-refractivity contribution is 9.09. The van der Waals surface area contributed by atoms with Crippen LogP contribution in [0.3, 0.4) is 0 Å². The molecule has 0 radical (unpaired) electrons. The first-order valence-electron chi connectivity index (χ1n) is 6.92. The molecule has 0 amide bonds. The number of hydrogen-bond acceptors (Lipinski definition) is 5. The highest BCUT2D eigenvalue weighted by Crippen LogP contribution is 2.50. The average Bonchev–Trinajstić information content (AvgIpc) is 3.10. The summed E-state index contributed by atoms with van der Waals surface area (Å²) in [6, 6.07) is 2.55. The third-order valence-corrected chi connectivity index (χ3v) is 6.71. The van der Waals surface area contributed by atoms with Crippen molar-refractivity contribution in [2.75, 3.05) is 22.7 Å². The van der Waals surface area contributed by atoms with Gasteiger partial charge in [-0.15, -0.1) is 8.78 Å². The second-order valence-corrected chi connectivity index (χ2v) is 8.05. The van der Waals surface area contributed by atoms with E-state index in [2.05, 4.69) is 30.7 Å². The minimum atomic E-state index is -3.77. The quantitative estimate of drug-likeness (QED) is 0.596. The molecule has 3 aliphatic rings. The number of fused-ring (bicyclic) bond motifs is 2. The van der Waals surface area contributed by atoms with Gasteiger partial charge in [0.05, 0.1) is 11.4 Å². The second kappa shape index (κ2) is 4.84. The molecule has 3 aliphatic heterocycles. The number of benzene rings is 1. The molecule has 1 unspecified atom stereocenters. The van der Waals surface area contributed by atoms with Crippen LogP contribution in [0.4, 0.5) is 20.2 Å². The molecule has 0 spiro atoms. The number of nitrogens with zero attached hydrogens (tertiary/aromatic N) is 2. The van der Waals surface area contributed by atoms with Crippen molar-refractivity contribution in [2.24, 2.45) is 0 Å². The molecule has 0 aliphatic carbocycles. The lowest BCUT2D eigenvalue weighted by atomic mass is 10.2. The lowest BCUT2D eigenvalue weighted by Gasteiger charge is -2.27. The summed E-state index contributed by atoms with van der Waals surface area (Å²) in [6.45, 7) is 0.882. The normalized spacial score (nSPS) is 25.5. The van der Waals surface area contributed by atoms with Crippen molar-refractivity contribution in [3.8, 4) is 11.5 Å². The number of nitrogens with one attached hydrogen (secondary N) is 1. The first kappa shape index (κ1) is 15.2. The van der Waals surface area contributed by atoms with Gasteiger partial charge in [0, 0.05) is 25.2 Å². The molecular weight excluding hydrogens is 400 g/mol. The Hall–Kier alpha value is -1.33. The topological polar surface area (TPSA) is 71.1 Å². The van der Waals surface area contributed by atoms with E-state index in [0.29, 0.717) is 18.8 Å². The molecule has 11 heteroatoms. The van der Waals surface area contributed by atoms with Crippen LogP contribution in [0, 0.1) is 0 Å². The van der Waals surface area contributed by atoms with Crippen molar-refractivity contribution in [1.29, 1.82) is 0 Å². The summed E-state index contributed by atoms with van der Waals surface area (Å²) in [5.41, 5.74) is 0.605. The summed E-state index contributed by atoms with van der Waals surface area (Å²) in [5.74, 6) is -0.333. The van der Waals surface area contributed by atoms with E-state index in [1.807, 2.05) is 0 Å². The molecule has 1 aromatic rings. The summed E-state index contributed by atoms with van der Waals surface area (Å²) in [5, 5.41) is 2.17. The van der Waals surface area contributed by atoms with Gasteiger partial charge in [0.25, 0.3) is 0 Å². The third-order valence-electron chi connectivity index (χ3n) is 3.88. The molecule has 0 bridgehead atoms. The lowest BCUT2D eigenvalue weighted by molar-refractivity contribution is -0.286. The Morgan fingerprint density at radius 1 is 1.22 bits per heavy atom. The van der Waals surface area contributed by atoms with Crippen LogP contribution >= 0.6 is 15.9 Å². The monoisotopic (exact) mass is 411 g/mol. The van der Waals surface area contributed by atoms with Crippen LogP contribution in [0.2, 0.25) is 0 Å². The number of hydrogen-bond donors (Lipinski definition) is 1. The molecule has 1 saturated heterocycles. The largest absolute Gasteiger partial charge is 0.586 e. The number of alkyl halides is 3. The van der Waals surface area contributed by atoms with E-state index in [4.69, 9.17) is 0 Å². The van der Waals surface area contributed by atoms with Crippen molar-refractivity contribution in [1.82, 2.24) is 4.31 Å². The smallest absolute Gasteiger partial charge is 0.395 e. The maximum absolute atomic E-state index is 13.2. The number of ether oxygens (including phenoxy) is 2. The fourth-order valence-electron chi connectivity index (χ4n) is 2.88. The van der Waals surface area contributed by atoms with Crippen LogP contribution < -0.4 is 19.1 Å². The van der Waals surface area contributed by atoms with Crippen LogP contribution in [0.5, 0.6) is 11.5 Å². The van der Waals surface area contributed by atoms with Gasteiger partial charge in [0.15, 0.2) is 16.6 Å². The fourth-order valence-corrected chi connectivity index (χ4v) is 5.63. The first-order valence-corrected chi connectivity index (χ1v) is 9.23. The zero-order chi connectivity index (χ0) is 16.4. The Bertz CT molecular complexity index is 770. The maximum Gasteiger partial charge on any atom is 0.586 e. The van der Waals surface area contributed by atoms with Gasteiger partial charge in [-0.1, -0.05) is 0 Å². The molecule has 1 aromatic carbocycles. The number of rotatable bonds is 2. The van der Waals surface area contributed by atoms with Crippen LogP contribution in [-0.4, -0.2) is 37.2 Å². The van der Waals surface area contributed by atoms with E-state index in [1.54, 1.807) is 0 Å². The van der Waals surface area contributed by atoms with Crippen molar-refractivity contribution >= 4 is 37.5 Å². The summed E-state index contributed by atoms with van der Waals surface area (Å²) in [6.07, 6.45) is -2.15. The second-order valence-electron chi connectivity index (χ2n) is 5.37. The van der Waals surface area contributed by atoms with Gasteiger partial charge in [-0.25, -0.2) is 4.31 Å². The summed E-state index contributed by atoms with van der Waals surface area (Å²) in [7, 11) is -3.77. The Morgan fingerprint density at radius 2 is 1.83 bits per heavy atom. The van der Waals surface area contributed by atoms with E-state index in [1.165, 1.54) is 16.4 Å². The zero-order valence-corrected chi connectivity index (χ0v) is 14.0. The van der Waals surface area contributed by atoms with Crippen molar-refractivity contribution in [2.45, 2.75) is 24.2 Å². The van der Waals surface area contributed by atoms with Gasteiger partial charge in [-0.2, -0.15) is 12.7 Å². The van der Waals surface area contributed by atoms with Gasteiger partial charge in [0.1, 0.15) is 0 Å². The molecule has 126 valence electrons. The highest BCUT2D eigenvalue weighted by Gasteiger charge is 2.47. The predicted octanol–water partition coefficient (Wildman–Crippen LogP) is 2.26. The van der Waals surface area contributed by atoms with Crippen LogP contribution in [0.1, 0.15) is 12.8 Å². The van der Waals surface area contributed by atoms with Gasteiger partial charge < -0.3 is 14.8 Å². The number of halogens is 3. The molecule has 4 rings (SSSR count). The van der Waals surface area contributed by atoms with E-state index in [9.17, 15) is 17.2 Å². The summed E-state index contributed by atoms with van der Waals surface area (Å²) >= 11 is 3.26. The van der Waals surface area contributed by atoms with Crippen molar-refractivity contribution in [3.05, 3.63) is 12.1 Å². The molecule has 0 aromatic heterocycles. The molecule has 1 fully saturated rings. The molecule has 7 nitrogen and oxygen atoms in total. The molecule has 0 saturated carbocycles. The summed E-state index contributed by atoms with van der Waals surface area (Å²) < 4.78 is 63.2. The Labute approximate surface area is 139 Å². The van der Waals surface area contributed by atoms with Gasteiger partial charge in [-0.05, 0) is 28.8 Å². The Balaban J connectivity index is 1.76. The Morgan fingerprint density at radius 3 is 2.48 bits per heavy atom. The fraction of sp³-hybridized carbons (Fsp3) is 0.500. The van der Waals surface area contributed by atoms with Gasteiger partial charge >= 0.3 is 16.5 Å². The van der Waals surface area contributed by atoms with Crippen molar-refractivity contribution in [3.63, 3.8) is 0 Å². The average molecular weight is 412 g/mol. The molecular formula is C12H12BrF2N3O4S. The predicted molar refractivity (Wildman–Crippen MR) is 81.2 cm³/mol. The van der Waals surface area contributed by atoms with Gasteiger partial charge in [-0.3, -0.25) is 0 Å². The van der Waals surface area contributed by atoms with E-state index < -0.39 is 21.6 Å². The van der Waals surface area contributed by atoms with Crippen LogP contribution in [0.25, 0.3) is 0 Å².